The minimum absolute atomic E-state index is 0.0728. The zero-order chi connectivity index (χ0) is 18.3. The van der Waals surface area contributed by atoms with Crippen LogP contribution in [0.25, 0.3) is 10.9 Å². The molecule has 2 aromatic carbocycles. The van der Waals surface area contributed by atoms with E-state index in [-0.39, 0.29) is 11.9 Å². The normalized spacial score (nSPS) is 16.0. The van der Waals surface area contributed by atoms with Crippen molar-refractivity contribution < 1.29 is 9.53 Å². The van der Waals surface area contributed by atoms with Gasteiger partial charge >= 0.3 is 0 Å². The van der Waals surface area contributed by atoms with Crippen molar-refractivity contribution in [2.45, 2.75) is 26.3 Å². The van der Waals surface area contributed by atoms with Crippen LogP contribution in [0.1, 0.15) is 39.6 Å². The lowest BCUT2D eigenvalue weighted by atomic mass is 9.99. The fraction of sp³-hybridized carbons (Fsp3) is 0.238. The molecular formula is C21H19BrN2O2. The number of fused-ring (bicyclic) bond motifs is 2. The van der Waals surface area contributed by atoms with Gasteiger partial charge in [0.05, 0.1) is 29.4 Å². The van der Waals surface area contributed by atoms with E-state index in [1.165, 1.54) is 0 Å². The van der Waals surface area contributed by atoms with Crippen LogP contribution in [-0.4, -0.2) is 17.5 Å². The first-order valence-corrected chi connectivity index (χ1v) is 9.42. The molecule has 132 valence electrons. The molecule has 0 aliphatic carbocycles. The molecule has 1 atom stereocenters. The Kier molecular flexibility index (Phi) is 4.41. The number of ether oxygens (including phenoxy) is 1. The van der Waals surface area contributed by atoms with E-state index in [2.05, 4.69) is 32.3 Å². The summed E-state index contributed by atoms with van der Waals surface area (Å²) < 4.78 is 6.68. The van der Waals surface area contributed by atoms with E-state index in [4.69, 9.17) is 4.74 Å². The summed E-state index contributed by atoms with van der Waals surface area (Å²) in [6, 6.07) is 13.8. The molecule has 0 fully saturated rings. The van der Waals surface area contributed by atoms with Crippen molar-refractivity contribution in [3.63, 3.8) is 0 Å². The number of nitrogens with one attached hydrogen (secondary N) is 1. The Labute approximate surface area is 160 Å². The lowest BCUT2D eigenvalue weighted by molar-refractivity contribution is 0.0924. The molecule has 5 heteroatoms. The molecule has 0 saturated carbocycles. The van der Waals surface area contributed by atoms with E-state index in [1.54, 1.807) is 0 Å². The number of amides is 1. The highest BCUT2D eigenvalue weighted by molar-refractivity contribution is 9.10. The Balaban J connectivity index is 1.66. The van der Waals surface area contributed by atoms with E-state index in [0.717, 1.165) is 44.4 Å². The molecule has 3 aromatic rings. The summed E-state index contributed by atoms with van der Waals surface area (Å²) in [7, 11) is 0. The highest BCUT2D eigenvalue weighted by Crippen LogP contribution is 2.34. The number of aryl methyl sites for hydroxylation is 2. The van der Waals surface area contributed by atoms with Gasteiger partial charge in [-0.1, -0.05) is 27.6 Å². The van der Waals surface area contributed by atoms with Crippen LogP contribution in [0.15, 0.2) is 46.9 Å². The molecule has 26 heavy (non-hydrogen) atoms. The van der Waals surface area contributed by atoms with E-state index in [1.807, 2.05) is 50.2 Å². The van der Waals surface area contributed by atoms with E-state index < -0.39 is 0 Å². The number of carbonyl (C=O) groups is 1. The number of carbonyl (C=O) groups excluding carboxylic acids is 1. The zero-order valence-electron chi connectivity index (χ0n) is 14.7. The van der Waals surface area contributed by atoms with Crippen LogP contribution >= 0.6 is 15.9 Å². The van der Waals surface area contributed by atoms with Gasteiger partial charge in [0.25, 0.3) is 5.91 Å². The molecule has 0 spiro atoms. The molecule has 4 rings (SSSR count). The number of rotatable bonds is 2. The third kappa shape index (κ3) is 3.19. The number of hydrogen-bond donors (Lipinski definition) is 1. The third-order valence-corrected chi connectivity index (χ3v) is 5.22. The minimum atomic E-state index is -0.101. The smallest absolute Gasteiger partial charge is 0.253 e. The van der Waals surface area contributed by atoms with Crippen LogP contribution in [-0.2, 0) is 0 Å². The van der Waals surface area contributed by atoms with Crippen molar-refractivity contribution in [1.82, 2.24) is 10.3 Å². The van der Waals surface area contributed by atoms with Crippen LogP contribution < -0.4 is 10.1 Å². The third-order valence-electron chi connectivity index (χ3n) is 4.72. The summed E-state index contributed by atoms with van der Waals surface area (Å²) in [5, 5.41) is 4.14. The van der Waals surface area contributed by atoms with Crippen LogP contribution in [0.2, 0.25) is 0 Å². The van der Waals surface area contributed by atoms with E-state index in [9.17, 15) is 4.79 Å². The predicted octanol–water partition coefficient (Wildman–Crippen LogP) is 4.87. The summed E-state index contributed by atoms with van der Waals surface area (Å²) in [5.74, 6) is 0.727. The number of nitrogens with zero attached hydrogens (tertiary/aromatic N) is 1. The van der Waals surface area contributed by atoms with Crippen molar-refractivity contribution >= 4 is 32.7 Å². The maximum atomic E-state index is 13.0. The monoisotopic (exact) mass is 410 g/mol. The van der Waals surface area contributed by atoms with Gasteiger partial charge < -0.3 is 10.1 Å². The van der Waals surface area contributed by atoms with Gasteiger partial charge in [-0.2, -0.15) is 0 Å². The molecule has 4 nitrogen and oxygen atoms in total. The van der Waals surface area contributed by atoms with Gasteiger partial charge in [-0.3, -0.25) is 9.78 Å². The second-order valence-corrected chi connectivity index (χ2v) is 7.58. The topological polar surface area (TPSA) is 51.2 Å². The lowest BCUT2D eigenvalue weighted by Gasteiger charge is -2.27. The van der Waals surface area contributed by atoms with Crippen molar-refractivity contribution in [3.05, 3.63) is 69.3 Å². The molecule has 1 aromatic heterocycles. The summed E-state index contributed by atoms with van der Waals surface area (Å²) in [5.41, 5.74) is 4.41. The van der Waals surface area contributed by atoms with Gasteiger partial charge in [0.2, 0.25) is 0 Å². The molecular weight excluding hydrogens is 392 g/mol. The molecule has 1 N–H and O–H groups in total. The molecule has 1 aliphatic heterocycles. The Morgan fingerprint density at radius 3 is 2.88 bits per heavy atom. The summed E-state index contributed by atoms with van der Waals surface area (Å²) in [6.07, 6.45) is 0.744. The van der Waals surface area contributed by atoms with Gasteiger partial charge in [-0.25, -0.2) is 0 Å². The van der Waals surface area contributed by atoms with Gasteiger partial charge in [-0.15, -0.1) is 0 Å². The average molecular weight is 411 g/mol. The van der Waals surface area contributed by atoms with Crippen molar-refractivity contribution in [2.24, 2.45) is 0 Å². The average Bonchev–Trinajstić information content (AvgIpc) is 2.62. The summed E-state index contributed by atoms with van der Waals surface area (Å²) in [6.45, 7) is 4.51. The minimum Gasteiger partial charge on any atom is -0.493 e. The van der Waals surface area contributed by atoms with Gasteiger partial charge in [0, 0.05) is 21.8 Å². The molecule has 0 bridgehead atoms. The Morgan fingerprint density at radius 2 is 2.04 bits per heavy atom. The highest BCUT2D eigenvalue weighted by atomic mass is 79.9. The Morgan fingerprint density at radius 1 is 1.19 bits per heavy atom. The molecule has 1 amide bonds. The lowest BCUT2D eigenvalue weighted by Crippen LogP contribution is -2.32. The van der Waals surface area contributed by atoms with Crippen molar-refractivity contribution in [3.8, 4) is 5.75 Å². The predicted molar refractivity (Wildman–Crippen MR) is 106 cm³/mol. The second kappa shape index (κ2) is 6.72. The molecule has 1 unspecified atom stereocenters. The number of pyridine rings is 1. The maximum absolute atomic E-state index is 13.0. The van der Waals surface area contributed by atoms with Gasteiger partial charge in [-0.05, 0) is 50.2 Å². The van der Waals surface area contributed by atoms with Crippen molar-refractivity contribution in [1.29, 1.82) is 0 Å². The number of hydrogen-bond acceptors (Lipinski definition) is 3. The molecule has 0 saturated heterocycles. The Hall–Kier alpha value is -2.40. The first kappa shape index (κ1) is 17.0. The maximum Gasteiger partial charge on any atom is 0.253 e. The van der Waals surface area contributed by atoms with E-state index in [0.29, 0.717) is 12.2 Å². The second-order valence-electron chi connectivity index (χ2n) is 6.66. The largest absolute Gasteiger partial charge is 0.493 e. The molecule has 0 radical (unpaired) electrons. The SMILES string of the molecule is Cc1ccc2nc(C)c(C(=O)NC3CCOc4ccc(Br)cc43)cc2c1. The van der Waals surface area contributed by atoms with Gasteiger partial charge in [0.1, 0.15) is 5.75 Å². The number of halogens is 1. The van der Waals surface area contributed by atoms with Gasteiger partial charge in [0.15, 0.2) is 0 Å². The highest BCUT2D eigenvalue weighted by Gasteiger charge is 2.24. The molecule has 1 aliphatic rings. The summed E-state index contributed by atoms with van der Waals surface area (Å²) in [4.78, 5) is 17.5. The van der Waals surface area contributed by atoms with E-state index >= 15 is 0 Å². The first-order valence-electron chi connectivity index (χ1n) is 8.62. The number of benzene rings is 2. The fourth-order valence-corrected chi connectivity index (χ4v) is 3.75. The van der Waals surface area contributed by atoms with Crippen LogP contribution in [0.5, 0.6) is 5.75 Å². The van der Waals surface area contributed by atoms with Crippen LogP contribution in [0.3, 0.4) is 0 Å². The summed E-state index contributed by atoms with van der Waals surface area (Å²) >= 11 is 3.50. The Bertz CT molecular complexity index is 1020. The number of aromatic nitrogens is 1. The standard InChI is InChI=1S/C21H19BrN2O2/c1-12-3-5-18-14(9-12)10-16(13(2)23-18)21(25)24-19-7-8-26-20-6-4-15(22)11-17(19)20/h3-6,9-11,19H,7-8H2,1-2H3,(H,24,25). The van der Waals surface area contributed by atoms with Crippen LogP contribution in [0.4, 0.5) is 0 Å². The fourth-order valence-electron chi connectivity index (χ4n) is 3.37. The van der Waals surface area contributed by atoms with Crippen LogP contribution in [0, 0.1) is 13.8 Å². The first-order chi connectivity index (χ1) is 12.5. The molecule has 2 heterocycles. The zero-order valence-corrected chi connectivity index (χ0v) is 16.3. The van der Waals surface area contributed by atoms with Crippen molar-refractivity contribution in [2.75, 3.05) is 6.61 Å². The quantitative estimate of drug-likeness (QED) is 0.655.